The maximum atomic E-state index is 13.8. The number of halogens is 1. The average molecular weight is 318 g/mol. The van der Waals surface area contributed by atoms with Gasteiger partial charge in [0.2, 0.25) is 0 Å². The summed E-state index contributed by atoms with van der Waals surface area (Å²) in [6.45, 7) is 0.513. The Kier molecular flexibility index (Phi) is 4.28. The van der Waals surface area contributed by atoms with Crippen molar-refractivity contribution in [3.8, 4) is 0 Å². The third-order valence-corrected chi connectivity index (χ3v) is 4.39. The zero-order valence-corrected chi connectivity index (χ0v) is 12.7. The first-order chi connectivity index (χ1) is 11.0. The third kappa shape index (κ3) is 3.18. The Hall–Kier alpha value is -2.05. The Morgan fingerprint density at radius 1 is 1.26 bits per heavy atom. The number of amides is 1. The van der Waals surface area contributed by atoms with E-state index in [2.05, 4.69) is 4.98 Å². The van der Waals surface area contributed by atoms with Gasteiger partial charge in [0.1, 0.15) is 17.0 Å². The molecule has 0 bridgehead atoms. The van der Waals surface area contributed by atoms with Crippen LogP contribution in [0.15, 0.2) is 30.3 Å². The molecule has 0 spiro atoms. The highest BCUT2D eigenvalue weighted by molar-refractivity contribution is 5.95. The van der Waals surface area contributed by atoms with Crippen LogP contribution in [0.4, 0.5) is 4.39 Å². The largest absolute Gasteiger partial charge is 0.393 e. The number of aliphatic hydroxyl groups excluding tert-OH is 1. The zero-order chi connectivity index (χ0) is 16.4. The summed E-state index contributed by atoms with van der Waals surface area (Å²) in [6.07, 6.45) is 1.37. The summed E-state index contributed by atoms with van der Waals surface area (Å²) in [5.41, 5.74) is -0.755. The Morgan fingerprint density at radius 2 is 2.09 bits per heavy atom. The quantitative estimate of drug-likeness (QED) is 0.884. The molecule has 1 atom stereocenters. The van der Waals surface area contributed by atoms with Gasteiger partial charge in [0.25, 0.3) is 5.91 Å². The third-order valence-electron chi connectivity index (χ3n) is 4.39. The molecule has 0 saturated carbocycles. The van der Waals surface area contributed by atoms with Gasteiger partial charge in [-0.15, -0.1) is 0 Å². The molecule has 1 aliphatic heterocycles. The SMILES string of the molecule is O=C(c1ccc2cccc(F)c2n1)N1CCC[C@](O)(CO)CC1. The van der Waals surface area contributed by atoms with Gasteiger partial charge in [-0.25, -0.2) is 9.37 Å². The van der Waals surface area contributed by atoms with Crippen LogP contribution < -0.4 is 0 Å². The van der Waals surface area contributed by atoms with Crippen LogP contribution in [0.5, 0.6) is 0 Å². The van der Waals surface area contributed by atoms with Crippen molar-refractivity contribution in [1.82, 2.24) is 9.88 Å². The molecule has 0 unspecified atom stereocenters. The second-order valence-electron chi connectivity index (χ2n) is 6.04. The summed E-state index contributed by atoms with van der Waals surface area (Å²) in [6, 6.07) is 7.93. The van der Waals surface area contributed by atoms with Gasteiger partial charge in [-0.05, 0) is 31.4 Å². The predicted molar refractivity (Wildman–Crippen MR) is 83.5 cm³/mol. The van der Waals surface area contributed by atoms with Crippen molar-refractivity contribution < 1.29 is 19.4 Å². The minimum Gasteiger partial charge on any atom is -0.393 e. The first kappa shape index (κ1) is 15.8. The number of rotatable bonds is 2. The van der Waals surface area contributed by atoms with E-state index in [0.29, 0.717) is 37.7 Å². The minimum absolute atomic E-state index is 0.181. The molecule has 1 aromatic heterocycles. The summed E-state index contributed by atoms with van der Waals surface area (Å²) < 4.78 is 13.8. The Labute approximate surface area is 133 Å². The molecule has 0 radical (unpaired) electrons. The topological polar surface area (TPSA) is 73.7 Å². The Bertz CT molecular complexity index is 737. The highest BCUT2D eigenvalue weighted by Crippen LogP contribution is 2.23. The van der Waals surface area contributed by atoms with Crippen LogP contribution in [0.25, 0.3) is 10.9 Å². The number of benzene rings is 1. The normalized spacial score (nSPS) is 22.1. The number of carbonyl (C=O) groups excluding carboxylic acids is 1. The number of hydrogen-bond donors (Lipinski definition) is 2. The van der Waals surface area contributed by atoms with Gasteiger partial charge in [-0.1, -0.05) is 18.2 Å². The lowest BCUT2D eigenvalue weighted by atomic mass is 9.96. The van der Waals surface area contributed by atoms with Crippen LogP contribution in [-0.4, -0.2) is 51.3 Å². The molecule has 1 aliphatic rings. The molecule has 2 N–H and O–H groups in total. The van der Waals surface area contributed by atoms with Crippen molar-refractivity contribution in [2.45, 2.75) is 24.9 Å². The van der Waals surface area contributed by atoms with Gasteiger partial charge in [-0.2, -0.15) is 0 Å². The van der Waals surface area contributed by atoms with Crippen molar-refractivity contribution in [2.24, 2.45) is 0 Å². The van der Waals surface area contributed by atoms with E-state index in [0.717, 1.165) is 0 Å². The van der Waals surface area contributed by atoms with Crippen molar-refractivity contribution in [2.75, 3.05) is 19.7 Å². The first-order valence-corrected chi connectivity index (χ1v) is 7.70. The number of likely N-dealkylation sites (tertiary alicyclic amines) is 1. The van der Waals surface area contributed by atoms with E-state index in [9.17, 15) is 19.4 Å². The van der Waals surface area contributed by atoms with Gasteiger partial charge >= 0.3 is 0 Å². The minimum atomic E-state index is -1.13. The van der Waals surface area contributed by atoms with Crippen LogP contribution in [0, 0.1) is 5.82 Å². The van der Waals surface area contributed by atoms with Crippen molar-refractivity contribution in [3.05, 3.63) is 41.8 Å². The Balaban J connectivity index is 1.84. The number of para-hydroxylation sites is 1. The number of fused-ring (bicyclic) bond motifs is 1. The van der Waals surface area contributed by atoms with Crippen molar-refractivity contribution >= 4 is 16.8 Å². The summed E-state index contributed by atoms with van der Waals surface area (Å²) in [5.74, 6) is -0.736. The number of aromatic nitrogens is 1. The van der Waals surface area contributed by atoms with Gasteiger partial charge in [-0.3, -0.25) is 4.79 Å². The molecule has 3 rings (SSSR count). The van der Waals surface area contributed by atoms with E-state index in [1.54, 1.807) is 29.2 Å². The fourth-order valence-electron chi connectivity index (χ4n) is 2.93. The summed E-state index contributed by atoms with van der Waals surface area (Å²) in [4.78, 5) is 18.4. The summed E-state index contributed by atoms with van der Waals surface area (Å²) in [5, 5.41) is 20.1. The maximum Gasteiger partial charge on any atom is 0.272 e. The van der Waals surface area contributed by atoms with Gasteiger partial charge in [0.15, 0.2) is 0 Å². The second kappa shape index (κ2) is 6.22. The van der Waals surface area contributed by atoms with Crippen molar-refractivity contribution in [3.63, 3.8) is 0 Å². The molecule has 1 saturated heterocycles. The Morgan fingerprint density at radius 3 is 2.87 bits per heavy atom. The summed E-state index contributed by atoms with van der Waals surface area (Å²) in [7, 11) is 0. The van der Waals surface area contributed by atoms with E-state index in [-0.39, 0.29) is 23.7 Å². The highest BCUT2D eigenvalue weighted by Gasteiger charge is 2.31. The maximum absolute atomic E-state index is 13.8. The van der Waals surface area contributed by atoms with Crippen LogP contribution in [0.2, 0.25) is 0 Å². The lowest BCUT2D eigenvalue weighted by Crippen LogP contribution is -2.36. The molecular formula is C17H19FN2O3. The molecule has 122 valence electrons. The lowest BCUT2D eigenvalue weighted by molar-refractivity contribution is -0.0250. The smallest absolute Gasteiger partial charge is 0.272 e. The van der Waals surface area contributed by atoms with Crippen molar-refractivity contribution in [1.29, 1.82) is 0 Å². The molecule has 2 heterocycles. The monoisotopic (exact) mass is 318 g/mol. The summed E-state index contributed by atoms with van der Waals surface area (Å²) >= 11 is 0. The molecular weight excluding hydrogens is 299 g/mol. The standard InChI is InChI=1S/C17H19FN2O3/c18-13-4-1-3-12-5-6-14(19-15(12)13)16(22)20-9-2-7-17(23,11-21)8-10-20/h1,3-6,21,23H,2,7-11H2/t17-/m1/s1. The first-order valence-electron chi connectivity index (χ1n) is 7.70. The van der Waals surface area contributed by atoms with E-state index in [1.165, 1.54) is 6.07 Å². The van der Waals surface area contributed by atoms with E-state index >= 15 is 0 Å². The molecule has 1 aromatic carbocycles. The number of pyridine rings is 1. The van der Waals surface area contributed by atoms with E-state index in [1.807, 2.05) is 0 Å². The van der Waals surface area contributed by atoms with Crippen LogP contribution in [-0.2, 0) is 0 Å². The second-order valence-corrected chi connectivity index (χ2v) is 6.04. The average Bonchev–Trinajstić information content (AvgIpc) is 2.77. The fraction of sp³-hybridized carbons (Fsp3) is 0.412. The molecule has 23 heavy (non-hydrogen) atoms. The van der Waals surface area contributed by atoms with Gasteiger partial charge < -0.3 is 15.1 Å². The molecule has 2 aromatic rings. The van der Waals surface area contributed by atoms with E-state index < -0.39 is 11.4 Å². The number of hydrogen-bond acceptors (Lipinski definition) is 4. The number of nitrogens with zero attached hydrogens (tertiary/aromatic N) is 2. The zero-order valence-electron chi connectivity index (χ0n) is 12.7. The highest BCUT2D eigenvalue weighted by atomic mass is 19.1. The van der Waals surface area contributed by atoms with Gasteiger partial charge in [0.05, 0.1) is 12.2 Å². The lowest BCUT2D eigenvalue weighted by Gasteiger charge is -2.24. The number of carbonyl (C=O) groups is 1. The molecule has 1 fully saturated rings. The van der Waals surface area contributed by atoms with Crippen LogP contribution >= 0.6 is 0 Å². The van der Waals surface area contributed by atoms with Crippen LogP contribution in [0.1, 0.15) is 29.8 Å². The van der Waals surface area contributed by atoms with E-state index in [4.69, 9.17) is 0 Å². The van der Waals surface area contributed by atoms with Crippen LogP contribution in [0.3, 0.4) is 0 Å². The fourth-order valence-corrected chi connectivity index (χ4v) is 2.93. The molecule has 5 nitrogen and oxygen atoms in total. The van der Waals surface area contributed by atoms with Gasteiger partial charge in [0, 0.05) is 18.5 Å². The molecule has 1 amide bonds. The molecule has 0 aliphatic carbocycles. The predicted octanol–water partition coefficient (Wildman–Crippen LogP) is 1.72. The number of aliphatic hydroxyl groups is 2. The molecule has 6 heteroatoms.